The predicted octanol–water partition coefficient (Wildman–Crippen LogP) is 1.36. The Morgan fingerprint density at radius 1 is 1.41 bits per heavy atom. The summed E-state index contributed by atoms with van der Waals surface area (Å²) in [7, 11) is 3.50. The van der Waals surface area contributed by atoms with Gasteiger partial charge >= 0.3 is 0 Å². The predicted molar refractivity (Wildman–Crippen MR) is 67.1 cm³/mol. The highest BCUT2D eigenvalue weighted by atomic mass is 16.5. The fourth-order valence-corrected chi connectivity index (χ4v) is 1.71. The number of hydrogen-bond donors (Lipinski definition) is 1. The lowest BCUT2D eigenvalue weighted by atomic mass is 10.1. The van der Waals surface area contributed by atoms with Crippen molar-refractivity contribution in [2.24, 2.45) is 5.73 Å². The number of amides is 1. The first-order valence-corrected chi connectivity index (χ1v) is 5.56. The molecule has 17 heavy (non-hydrogen) atoms. The van der Waals surface area contributed by atoms with Crippen molar-refractivity contribution in [2.75, 3.05) is 14.2 Å². The lowest BCUT2D eigenvalue weighted by Crippen LogP contribution is -2.47. The molecule has 1 aromatic rings. The second-order valence-corrected chi connectivity index (χ2v) is 4.36. The second-order valence-electron chi connectivity index (χ2n) is 4.36. The number of ether oxygens (including phenoxy) is 1. The van der Waals surface area contributed by atoms with Crippen LogP contribution in [0.5, 0.6) is 0 Å². The molecule has 1 atom stereocenters. The normalized spacial score (nSPS) is 14.6. The zero-order valence-corrected chi connectivity index (χ0v) is 10.6. The number of carbonyl (C=O) groups is 1. The summed E-state index contributed by atoms with van der Waals surface area (Å²) in [6.45, 7) is 2.57. The highest BCUT2D eigenvalue weighted by Crippen LogP contribution is 2.20. The van der Waals surface area contributed by atoms with Gasteiger partial charge in [0.2, 0.25) is 5.91 Å². The van der Waals surface area contributed by atoms with Gasteiger partial charge in [0.05, 0.1) is 6.42 Å². The highest BCUT2D eigenvalue weighted by Gasteiger charge is 2.30. The van der Waals surface area contributed by atoms with Crippen LogP contribution in [0.3, 0.4) is 0 Å². The number of nitrogens with two attached hydrogens (primary N) is 1. The maximum absolute atomic E-state index is 11.0. The van der Waals surface area contributed by atoms with Gasteiger partial charge in [-0.25, -0.2) is 0 Å². The zero-order chi connectivity index (χ0) is 12.9. The maximum Gasteiger partial charge on any atom is 0.221 e. The summed E-state index contributed by atoms with van der Waals surface area (Å²) >= 11 is 0. The molecule has 0 saturated carbocycles. The van der Waals surface area contributed by atoms with E-state index in [9.17, 15) is 4.79 Å². The maximum atomic E-state index is 11.0. The minimum atomic E-state index is -0.665. The van der Waals surface area contributed by atoms with Gasteiger partial charge in [-0.2, -0.15) is 0 Å². The van der Waals surface area contributed by atoms with E-state index in [1.54, 1.807) is 7.11 Å². The fraction of sp³-hybridized carbons (Fsp3) is 0.462. The van der Waals surface area contributed by atoms with Crippen LogP contribution >= 0.6 is 0 Å². The number of carbonyl (C=O) groups excluding carboxylic acids is 1. The van der Waals surface area contributed by atoms with E-state index in [2.05, 4.69) is 0 Å². The smallest absolute Gasteiger partial charge is 0.221 e. The number of primary amides is 1. The van der Waals surface area contributed by atoms with Gasteiger partial charge in [0.15, 0.2) is 0 Å². The van der Waals surface area contributed by atoms with Crippen molar-refractivity contribution in [3.63, 3.8) is 0 Å². The molecule has 1 amide bonds. The summed E-state index contributed by atoms with van der Waals surface area (Å²) < 4.78 is 5.41. The summed E-state index contributed by atoms with van der Waals surface area (Å²) in [5.41, 5.74) is 5.74. The number of hydrogen-bond acceptors (Lipinski definition) is 3. The van der Waals surface area contributed by atoms with E-state index in [1.165, 1.54) is 5.56 Å². The average Bonchev–Trinajstić information content (AvgIpc) is 2.29. The van der Waals surface area contributed by atoms with Crippen molar-refractivity contribution in [1.82, 2.24) is 4.90 Å². The Kier molecular flexibility index (Phi) is 4.66. The standard InChI is InChI=1S/C13H20N2O2/c1-13(17-3,9-12(14)16)15(2)10-11-7-5-4-6-8-11/h4-8H,9-10H2,1-3H3,(H2,14,16). The molecule has 4 heteroatoms. The van der Waals surface area contributed by atoms with Gasteiger partial charge in [-0.3, -0.25) is 9.69 Å². The Balaban J connectivity index is 2.73. The van der Waals surface area contributed by atoms with Crippen LogP contribution in [0.4, 0.5) is 0 Å². The minimum absolute atomic E-state index is 0.173. The van der Waals surface area contributed by atoms with Gasteiger partial charge in [0, 0.05) is 13.7 Å². The molecule has 2 N–H and O–H groups in total. The van der Waals surface area contributed by atoms with Crippen LogP contribution < -0.4 is 5.73 Å². The van der Waals surface area contributed by atoms with Gasteiger partial charge in [0.25, 0.3) is 0 Å². The van der Waals surface area contributed by atoms with Gasteiger partial charge < -0.3 is 10.5 Å². The lowest BCUT2D eigenvalue weighted by molar-refractivity contribution is -0.143. The third kappa shape index (κ3) is 3.84. The molecule has 0 aliphatic carbocycles. The quantitative estimate of drug-likeness (QED) is 0.759. The Labute approximate surface area is 102 Å². The number of rotatable bonds is 6. The first kappa shape index (κ1) is 13.7. The van der Waals surface area contributed by atoms with Crippen LogP contribution in [0.15, 0.2) is 30.3 Å². The molecule has 1 rings (SSSR count). The Morgan fingerprint density at radius 3 is 2.47 bits per heavy atom. The monoisotopic (exact) mass is 236 g/mol. The van der Waals surface area contributed by atoms with E-state index in [0.29, 0.717) is 6.54 Å². The Morgan fingerprint density at radius 2 is 2.00 bits per heavy atom. The summed E-state index contributed by atoms with van der Waals surface area (Å²) in [5, 5.41) is 0. The van der Waals surface area contributed by atoms with Crippen molar-refractivity contribution in [3.05, 3.63) is 35.9 Å². The molecule has 0 aromatic heterocycles. The molecule has 0 aliphatic heterocycles. The minimum Gasteiger partial charge on any atom is -0.370 e. The molecule has 0 saturated heterocycles. The van der Waals surface area contributed by atoms with Crippen LogP contribution in [-0.4, -0.2) is 30.7 Å². The molecule has 1 unspecified atom stereocenters. The number of methoxy groups -OCH3 is 1. The van der Waals surface area contributed by atoms with Crippen LogP contribution in [0.25, 0.3) is 0 Å². The van der Waals surface area contributed by atoms with Crippen molar-refractivity contribution in [3.8, 4) is 0 Å². The molecule has 0 spiro atoms. The average molecular weight is 236 g/mol. The van der Waals surface area contributed by atoms with Gasteiger partial charge in [0.1, 0.15) is 5.72 Å². The van der Waals surface area contributed by atoms with Gasteiger partial charge in [-0.15, -0.1) is 0 Å². The SMILES string of the molecule is COC(C)(CC(N)=O)N(C)Cc1ccccc1. The van der Waals surface area contributed by atoms with Crippen molar-refractivity contribution >= 4 is 5.91 Å². The molecule has 4 nitrogen and oxygen atoms in total. The molecule has 94 valence electrons. The van der Waals surface area contributed by atoms with Crippen molar-refractivity contribution < 1.29 is 9.53 Å². The Hall–Kier alpha value is -1.39. The molecular formula is C13H20N2O2. The van der Waals surface area contributed by atoms with Crippen molar-refractivity contribution in [1.29, 1.82) is 0 Å². The van der Waals surface area contributed by atoms with Crippen LogP contribution in [-0.2, 0) is 16.1 Å². The van der Waals surface area contributed by atoms with Gasteiger partial charge in [-0.05, 0) is 19.5 Å². The third-order valence-electron chi connectivity index (χ3n) is 3.01. The van der Waals surface area contributed by atoms with Crippen LogP contribution in [0.1, 0.15) is 18.9 Å². The van der Waals surface area contributed by atoms with Crippen molar-refractivity contribution in [2.45, 2.75) is 25.6 Å². The summed E-state index contributed by atoms with van der Waals surface area (Å²) in [4.78, 5) is 13.0. The molecule has 0 fully saturated rings. The lowest BCUT2D eigenvalue weighted by Gasteiger charge is -2.36. The third-order valence-corrected chi connectivity index (χ3v) is 3.01. The topological polar surface area (TPSA) is 55.6 Å². The number of benzene rings is 1. The molecule has 1 aromatic carbocycles. The van der Waals surface area contributed by atoms with E-state index in [4.69, 9.17) is 10.5 Å². The Bertz CT molecular complexity index is 367. The first-order chi connectivity index (χ1) is 7.98. The summed E-state index contributed by atoms with van der Waals surface area (Å²) in [6, 6.07) is 10.0. The molecule has 0 heterocycles. The van der Waals surface area contributed by atoms with Gasteiger partial charge in [-0.1, -0.05) is 30.3 Å². The van der Waals surface area contributed by atoms with E-state index in [1.807, 2.05) is 49.2 Å². The molecule has 0 radical (unpaired) electrons. The molecular weight excluding hydrogens is 216 g/mol. The number of nitrogens with zero attached hydrogens (tertiary/aromatic N) is 1. The second kappa shape index (κ2) is 5.80. The van der Waals surface area contributed by atoms with E-state index in [0.717, 1.165) is 0 Å². The summed E-state index contributed by atoms with van der Waals surface area (Å²) in [5.74, 6) is -0.366. The van der Waals surface area contributed by atoms with E-state index < -0.39 is 5.72 Å². The van der Waals surface area contributed by atoms with E-state index >= 15 is 0 Å². The molecule has 0 bridgehead atoms. The molecule has 0 aliphatic rings. The highest BCUT2D eigenvalue weighted by molar-refractivity contribution is 5.74. The first-order valence-electron chi connectivity index (χ1n) is 5.56. The fourth-order valence-electron chi connectivity index (χ4n) is 1.71. The zero-order valence-electron chi connectivity index (χ0n) is 10.6. The van der Waals surface area contributed by atoms with Crippen LogP contribution in [0.2, 0.25) is 0 Å². The van der Waals surface area contributed by atoms with E-state index in [-0.39, 0.29) is 12.3 Å². The largest absolute Gasteiger partial charge is 0.370 e. The summed E-state index contributed by atoms with van der Waals surface area (Å²) in [6.07, 6.45) is 0.173. The van der Waals surface area contributed by atoms with Crippen LogP contribution in [0, 0.1) is 0 Å².